The van der Waals surface area contributed by atoms with Crippen LogP contribution in [0.5, 0.6) is 5.75 Å². The van der Waals surface area contributed by atoms with Gasteiger partial charge in [-0.25, -0.2) is 13.2 Å². The highest BCUT2D eigenvalue weighted by Crippen LogP contribution is 2.31. The lowest BCUT2D eigenvalue weighted by molar-refractivity contribution is 0.252. The summed E-state index contributed by atoms with van der Waals surface area (Å²) in [6.07, 6.45) is 0. The number of fused-ring (bicyclic) bond motifs is 1. The molecule has 4 rings (SSSR count). The molecular weight excluding hydrogens is 450 g/mol. The highest BCUT2D eigenvalue weighted by Gasteiger charge is 2.25. The predicted molar refractivity (Wildman–Crippen MR) is 134 cm³/mol. The Morgan fingerprint density at radius 1 is 0.941 bits per heavy atom. The Morgan fingerprint density at radius 2 is 1.62 bits per heavy atom. The Bertz CT molecular complexity index is 1410. The number of anilines is 1. The number of para-hydroxylation sites is 3. The zero-order valence-corrected chi connectivity index (χ0v) is 19.9. The van der Waals surface area contributed by atoms with Crippen LogP contribution >= 0.6 is 0 Å². The van der Waals surface area contributed by atoms with E-state index < -0.39 is 15.9 Å². The molecule has 0 aliphatic carbocycles. The summed E-state index contributed by atoms with van der Waals surface area (Å²) in [7, 11) is -2.14. The quantitative estimate of drug-likeness (QED) is 0.388. The first-order chi connectivity index (χ1) is 16.4. The van der Waals surface area contributed by atoms with Crippen molar-refractivity contribution >= 4 is 32.5 Å². The number of ether oxygens (including phenoxy) is 1. The van der Waals surface area contributed by atoms with E-state index in [4.69, 9.17) is 4.74 Å². The van der Waals surface area contributed by atoms with Crippen molar-refractivity contribution in [2.24, 2.45) is 0 Å². The van der Waals surface area contributed by atoms with Crippen molar-refractivity contribution in [3.63, 3.8) is 0 Å². The molecule has 1 heterocycles. The van der Waals surface area contributed by atoms with Crippen LogP contribution in [0.2, 0.25) is 0 Å². The number of sulfone groups is 1. The standard InChI is InChI=1S/C26H27N3O4S/c1-19-25(21-12-6-8-14-23(21)29(19)18-20-10-4-3-5-11-20)34(31,32)17-16-27-26(30)28-22-13-7-9-15-24(22)33-2/h3-15H,16-18H2,1-2H3,(H2,27,28,30). The lowest BCUT2D eigenvalue weighted by Crippen LogP contribution is -2.33. The van der Waals surface area contributed by atoms with E-state index in [0.29, 0.717) is 34.0 Å². The number of hydrogen-bond donors (Lipinski definition) is 2. The van der Waals surface area contributed by atoms with Crippen LogP contribution < -0.4 is 15.4 Å². The third-order valence-electron chi connectivity index (χ3n) is 5.68. The number of carbonyl (C=O) groups is 1. The van der Waals surface area contributed by atoms with Gasteiger partial charge in [-0.05, 0) is 30.7 Å². The van der Waals surface area contributed by atoms with Gasteiger partial charge in [0.2, 0.25) is 0 Å². The van der Waals surface area contributed by atoms with Gasteiger partial charge in [0.1, 0.15) is 5.75 Å². The molecule has 0 aliphatic heterocycles. The second kappa shape index (κ2) is 10.0. The van der Waals surface area contributed by atoms with Crippen LogP contribution in [0.1, 0.15) is 11.3 Å². The molecular formula is C26H27N3O4S. The van der Waals surface area contributed by atoms with Crippen molar-refractivity contribution in [1.29, 1.82) is 0 Å². The van der Waals surface area contributed by atoms with E-state index >= 15 is 0 Å². The molecule has 7 nitrogen and oxygen atoms in total. The van der Waals surface area contributed by atoms with Crippen LogP contribution in [-0.4, -0.2) is 38.4 Å². The average Bonchev–Trinajstić information content (AvgIpc) is 3.12. The van der Waals surface area contributed by atoms with Crippen molar-refractivity contribution in [2.45, 2.75) is 18.4 Å². The van der Waals surface area contributed by atoms with E-state index in [1.165, 1.54) is 7.11 Å². The van der Waals surface area contributed by atoms with E-state index in [-0.39, 0.29) is 12.3 Å². The third kappa shape index (κ3) is 4.92. The fourth-order valence-electron chi connectivity index (χ4n) is 4.08. The number of carbonyl (C=O) groups excluding carboxylic acids is 1. The number of urea groups is 1. The molecule has 1 aromatic heterocycles. The Morgan fingerprint density at radius 3 is 2.38 bits per heavy atom. The lowest BCUT2D eigenvalue weighted by atomic mass is 10.2. The number of nitrogens with zero attached hydrogens (tertiary/aromatic N) is 1. The third-order valence-corrected chi connectivity index (χ3v) is 7.56. The van der Waals surface area contributed by atoms with Crippen molar-refractivity contribution in [3.8, 4) is 5.75 Å². The molecule has 0 radical (unpaired) electrons. The van der Waals surface area contributed by atoms with Crippen LogP contribution in [-0.2, 0) is 16.4 Å². The first-order valence-electron chi connectivity index (χ1n) is 10.9. The number of methoxy groups -OCH3 is 1. The number of hydrogen-bond acceptors (Lipinski definition) is 4. The molecule has 0 saturated heterocycles. The Kier molecular flexibility index (Phi) is 6.88. The Hall–Kier alpha value is -3.78. The Labute approximate surface area is 199 Å². The maximum Gasteiger partial charge on any atom is 0.319 e. The molecule has 2 N–H and O–H groups in total. The summed E-state index contributed by atoms with van der Waals surface area (Å²) in [4.78, 5) is 12.6. The molecule has 8 heteroatoms. The molecule has 0 fully saturated rings. The topological polar surface area (TPSA) is 89.4 Å². The molecule has 0 aliphatic rings. The van der Waals surface area contributed by atoms with Gasteiger partial charge in [0, 0.05) is 29.7 Å². The monoisotopic (exact) mass is 477 g/mol. The fourth-order valence-corrected chi connectivity index (χ4v) is 5.72. The van der Waals surface area contributed by atoms with Crippen LogP contribution in [0.4, 0.5) is 10.5 Å². The lowest BCUT2D eigenvalue weighted by Gasteiger charge is -2.11. The summed E-state index contributed by atoms with van der Waals surface area (Å²) >= 11 is 0. The fraction of sp³-hybridized carbons (Fsp3) is 0.192. The number of aromatic nitrogens is 1. The summed E-state index contributed by atoms with van der Waals surface area (Å²) in [6, 6.07) is 24.0. The highest BCUT2D eigenvalue weighted by atomic mass is 32.2. The molecule has 0 spiro atoms. The highest BCUT2D eigenvalue weighted by molar-refractivity contribution is 7.91. The van der Waals surface area contributed by atoms with Gasteiger partial charge in [0.15, 0.2) is 9.84 Å². The van der Waals surface area contributed by atoms with Gasteiger partial charge in [-0.3, -0.25) is 0 Å². The molecule has 4 aromatic rings. The van der Waals surface area contributed by atoms with Crippen molar-refractivity contribution < 1.29 is 17.9 Å². The van der Waals surface area contributed by atoms with Gasteiger partial charge in [0.05, 0.1) is 23.4 Å². The van der Waals surface area contributed by atoms with Gasteiger partial charge >= 0.3 is 6.03 Å². The number of nitrogens with one attached hydrogen (secondary N) is 2. The van der Waals surface area contributed by atoms with Crippen LogP contribution in [0.3, 0.4) is 0 Å². The largest absolute Gasteiger partial charge is 0.495 e. The van der Waals surface area contributed by atoms with Gasteiger partial charge in [0.25, 0.3) is 0 Å². The van der Waals surface area contributed by atoms with E-state index in [1.54, 1.807) is 24.3 Å². The molecule has 2 amide bonds. The first-order valence-corrected chi connectivity index (χ1v) is 12.6. The number of amides is 2. The van der Waals surface area contributed by atoms with Gasteiger partial charge in [-0.15, -0.1) is 0 Å². The molecule has 0 bridgehead atoms. The molecule has 3 aromatic carbocycles. The Balaban J connectivity index is 1.52. The minimum absolute atomic E-state index is 0.0268. The number of rotatable bonds is 8. The minimum Gasteiger partial charge on any atom is -0.495 e. The van der Waals surface area contributed by atoms with Crippen molar-refractivity contribution in [3.05, 3.63) is 90.1 Å². The molecule has 176 valence electrons. The van der Waals surface area contributed by atoms with E-state index in [9.17, 15) is 13.2 Å². The normalized spacial score (nSPS) is 11.4. The predicted octanol–water partition coefficient (Wildman–Crippen LogP) is 4.60. The minimum atomic E-state index is -3.66. The van der Waals surface area contributed by atoms with Gasteiger partial charge in [-0.1, -0.05) is 60.7 Å². The first kappa shape index (κ1) is 23.4. The van der Waals surface area contributed by atoms with E-state index in [1.807, 2.05) is 66.1 Å². The summed E-state index contributed by atoms with van der Waals surface area (Å²) < 4.78 is 34.0. The summed E-state index contributed by atoms with van der Waals surface area (Å²) in [5, 5.41) is 6.01. The van der Waals surface area contributed by atoms with Crippen LogP contribution in [0, 0.1) is 6.92 Å². The molecule has 34 heavy (non-hydrogen) atoms. The maximum atomic E-state index is 13.4. The summed E-state index contributed by atoms with van der Waals surface area (Å²) in [6.45, 7) is 2.38. The van der Waals surface area contributed by atoms with E-state index in [0.717, 1.165) is 11.1 Å². The van der Waals surface area contributed by atoms with Crippen LogP contribution in [0.15, 0.2) is 83.8 Å². The summed E-state index contributed by atoms with van der Waals surface area (Å²) in [5.74, 6) is 0.305. The maximum absolute atomic E-state index is 13.4. The van der Waals surface area contributed by atoms with Crippen LogP contribution in [0.25, 0.3) is 10.9 Å². The second-order valence-corrected chi connectivity index (χ2v) is 9.95. The van der Waals surface area contributed by atoms with Gasteiger partial charge in [-0.2, -0.15) is 0 Å². The van der Waals surface area contributed by atoms with E-state index in [2.05, 4.69) is 10.6 Å². The number of benzene rings is 3. The second-order valence-electron chi connectivity index (χ2n) is 7.90. The molecule has 0 atom stereocenters. The summed E-state index contributed by atoms with van der Waals surface area (Å²) in [5.41, 5.74) is 3.14. The van der Waals surface area contributed by atoms with Gasteiger partial charge < -0.3 is 19.9 Å². The SMILES string of the molecule is COc1ccccc1NC(=O)NCCS(=O)(=O)c1c(C)n(Cc2ccccc2)c2ccccc12. The molecule has 0 unspecified atom stereocenters. The zero-order chi connectivity index (χ0) is 24.1. The smallest absolute Gasteiger partial charge is 0.319 e. The average molecular weight is 478 g/mol. The van der Waals surface area contributed by atoms with Crippen molar-refractivity contribution in [1.82, 2.24) is 9.88 Å². The molecule has 0 saturated carbocycles. The zero-order valence-electron chi connectivity index (χ0n) is 19.1. The van der Waals surface area contributed by atoms with Crippen molar-refractivity contribution in [2.75, 3.05) is 24.7 Å².